The van der Waals surface area contributed by atoms with E-state index in [9.17, 15) is 22.4 Å². The number of ether oxygens (including phenoxy) is 1. The Morgan fingerprint density at radius 3 is 2.41 bits per heavy atom. The summed E-state index contributed by atoms with van der Waals surface area (Å²) < 4.78 is 42.0. The van der Waals surface area contributed by atoms with Crippen molar-refractivity contribution < 1.29 is 27.1 Å². The molecule has 164 valence electrons. The number of amides is 1. The number of para-hydroxylation sites is 1. The van der Waals surface area contributed by atoms with Crippen LogP contribution in [0.3, 0.4) is 0 Å². The molecule has 0 N–H and O–H groups in total. The maximum atomic E-state index is 13.1. The number of halogens is 1. The number of rotatable bonds is 6. The van der Waals surface area contributed by atoms with E-state index in [1.807, 2.05) is 0 Å². The molecule has 1 atom stereocenters. The summed E-state index contributed by atoms with van der Waals surface area (Å²) in [7, 11) is -3.39. The molecule has 1 aliphatic rings. The summed E-state index contributed by atoms with van der Waals surface area (Å²) in [4.78, 5) is 27.8. The van der Waals surface area contributed by atoms with E-state index >= 15 is 0 Å². The summed E-state index contributed by atoms with van der Waals surface area (Å²) in [6.07, 6.45) is 1.45. The number of nitrogens with zero attached hydrogens (tertiary/aromatic N) is 1. The van der Waals surface area contributed by atoms with Crippen molar-refractivity contribution >= 4 is 38.7 Å². The molecule has 9 heteroatoms. The van der Waals surface area contributed by atoms with Crippen molar-refractivity contribution in [3.63, 3.8) is 0 Å². The number of hydrogen-bond acceptors (Lipinski definition) is 6. The average Bonchev–Trinajstić information content (AvgIpc) is 3.40. The predicted molar refractivity (Wildman–Crippen MR) is 121 cm³/mol. The summed E-state index contributed by atoms with van der Waals surface area (Å²) in [5.41, 5.74) is 1.27. The van der Waals surface area contributed by atoms with Gasteiger partial charge in [0.1, 0.15) is 10.7 Å². The zero-order chi connectivity index (χ0) is 22.7. The number of carbonyl (C=O) groups excluding carboxylic acids is 2. The van der Waals surface area contributed by atoms with Gasteiger partial charge in [-0.25, -0.2) is 17.6 Å². The molecule has 0 saturated heterocycles. The Labute approximate surface area is 188 Å². The van der Waals surface area contributed by atoms with E-state index in [0.717, 1.165) is 15.8 Å². The lowest BCUT2D eigenvalue weighted by molar-refractivity contribution is -0.121. The third-order valence-corrected chi connectivity index (χ3v) is 7.30. The van der Waals surface area contributed by atoms with Gasteiger partial charge in [0.25, 0.3) is 5.91 Å². The molecule has 2 heterocycles. The van der Waals surface area contributed by atoms with Crippen LogP contribution in [0.4, 0.5) is 10.1 Å². The standard InChI is InChI=1S/C23H18FNO5S2/c24-17-8-6-16(7-9-17)20-10-11-21(31-20)23(27)30-14-22(26)25(18-4-2-1-3-5-18)19-12-13-32(28,29)15-19/h1-13,19H,14-15H2. The van der Waals surface area contributed by atoms with Gasteiger partial charge in [-0.1, -0.05) is 30.3 Å². The molecule has 0 aliphatic carbocycles. The Kier molecular flexibility index (Phi) is 6.20. The third-order valence-electron chi connectivity index (χ3n) is 4.81. The molecular formula is C23H18FNO5S2. The van der Waals surface area contributed by atoms with Gasteiger partial charge in [-0.05, 0) is 48.0 Å². The number of anilines is 1. The van der Waals surface area contributed by atoms with Crippen molar-refractivity contribution in [3.8, 4) is 10.4 Å². The molecule has 6 nitrogen and oxygen atoms in total. The van der Waals surface area contributed by atoms with Crippen molar-refractivity contribution in [1.82, 2.24) is 0 Å². The summed E-state index contributed by atoms with van der Waals surface area (Å²) in [6.45, 7) is -0.540. The lowest BCUT2D eigenvalue weighted by atomic mass is 10.2. The van der Waals surface area contributed by atoms with Gasteiger partial charge in [-0.3, -0.25) is 4.79 Å². The summed E-state index contributed by atoms with van der Waals surface area (Å²) in [5.74, 6) is -1.78. The number of benzene rings is 2. The van der Waals surface area contributed by atoms with Gasteiger partial charge in [0.05, 0.1) is 11.8 Å². The van der Waals surface area contributed by atoms with Crippen LogP contribution in [-0.4, -0.2) is 38.7 Å². The molecule has 0 saturated carbocycles. The highest BCUT2D eigenvalue weighted by molar-refractivity contribution is 7.94. The zero-order valence-electron chi connectivity index (χ0n) is 16.7. The first-order chi connectivity index (χ1) is 15.3. The third kappa shape index (κ3) is 4.95. The van der Waals surface area contributed by atoms with E-state index in [1.165, 1.54) is 34.4 Å². The van der Waals surface area contributed by atoms with Crippen LogP contribution >= 0.6 is 11.3 Å². The van der Waals surface area contributed by atoms with Gasteiger partial charge < -0.3 is 9.64 Å². The van der Waals surface area contributed by atoms with Crippen LogP contribution < -0.4 is 4.90 Å². The maximum absolute atomic E-state index is 13.1. The van der Waals surface area contributed by atoms with Gasteiger partial charge in [0.15, 0.2) is 16.4 Å². The fourth-order valence-electron chi connectivity index (χ4n) is 3.31. The van der Waals surface area contributed by atoms with E-state index in [0.29, 0.717) is 10.6 Å². The first-order valence-corrected chi connectivity index (χ1v) is 12.2. The van der Waals surface area contributed by atoms with Crippen molar-refractivity contribution in [2.45, 2.75) is 6.04 Å². The largest absolute Gasteiger partial charge is 0.451 e. The molecule has 0 spiro atoms. The first kappa shape index (κ1) is 21.9. The van der Waals surface area contributed by atoms with Gasteiger partial charge in [0, 0.05) is 16.0 Å². The van der Waals surface area contributed by atoms with Crippen molar-refractivity contribution in [2.24, 2.45) is 0 Å². The fraction of sp³-hybridized carbons (Fsp3) is 0.130. The second-order valence-electron chi connectivity index (χ2n) is 7.07. The van der Waals surface area contributed by atoms with Gasteiger partial charge >= 0.3 is 5.97 Å². The normalized spacial score (nSPS) is 16.6. The molecule has 32 heavy (non-hydrogen) atoms. The minimum Gasteiger partial charge on any atom is -0.451 e. The molecule has 1 aromatic heterocycles. The second-order valence-corrected chi connectivity index (χ2v) is 10.1. The smallest absolute Gasteiger partial charge is 0.348 e. The predicted octanol–water partition coefficient (Wildman–Crippen LogP) is 4.05. The van der Waals surface area contributed by atoms with Crippen molar-refractivity contribution in [1.29, 1.82) is 0 Å². The molecular weight excluding hydrogens is 453 g/mol. The summed E-state index contributed by atoms with van der Waals surface area (Å²) >= 11 is 1.17. The lowest BCUT2D eigenvalue weighted by Gasteiger charge is -2.27. The highest BCUT2D eigenvalue weighted by Crippen LogP contribution is 2.29. The Balaban J connectivity index is 1.46. The Bertz CT molecular complexity index is 1270. The number of carbonyl (C=O) groups is 2. The van der Waals surface area contributed by atoms with Crippen molar-refractivity contribution in [3.05, 3.63) is 88.9 Å². The van der Waals surface area contributed by atoms with E-state index in [1.54, 1.807) is 54.6 Å². The number of sulfone groups is 1. The number of esters is 1. The Hall–Kier alpha value is -3.30. The van der Waals surface area contributed by atoms with Crippen molar-refractivity contribution in [2.75, 3.05) is 17.3 Å². The topological polar surface area (TPSA) is 80.8 Å². The van der Waals surface area contributed by atoms with Crippen LogP contribution in [0.2, 0.25) is 0 Å². The number of thiophene rings is 1. The molecule has 0 fully saturated rings. The van der Waals surface area contributed by atoms with E-state index < -0.39 is 34.4 Å². The van der Waals surface area contributed by atoms with Crippen LogP contribution in [0.25, 0.3) is 10.4 Å². The molecule has 1 amide bonds. The highest BCUT2D eigenvalue weighted by Gasteiger charge is 2.32. The first-order valence-electron chi connectivity index (χ1n) is 9.63. The van der Waals surface area contributed by atoms with E-state index in [-0.39, 0.29) is 11.6 Å². The maximum Gasteiger partial charge on any atom is 0.348 e. The van der Waals surface area contributed by atoms with Crippen LogP contribution in [0.5, 0.6) is 0 Å². The number of hydrogen-bond donors (Lipinski definition) is 0. The SMILES string of the molecule is O=C(OCC(=O)N(c1ccccc1)C1C=CS(=O)(=O)C1)c1ccc(-c2ccc(F)cc2)s1. The molecule has 1 unspecified atom stereocenters. The van der Waals surface area contributed by atoms with Crippen LogP contribution in [0, 0.1) is 5.82 Å². The quantitative estimate of drug-likeness (QED) is 0.507. The van der Waals surface area contributed by atoms with E-state index in [2.05, 4.69) is 0 Å². The lowest BCUT2D eigenvalue weighted by Crippen LogP contribution is -2.43. The Morgan fingerprint density at radius 1 is 1.03 bits per heavy atom. The Morgan fingerprint density at radius 2 is 1.75 bits per heavy atom. The molecule has 0 bridgehead atoms. The highest BCUT2D eigenvalue weighted by atomic mass is 32.2. The van der Waals surface area contributed by atoms with Gasteiger partial charge in [0.2, 0.25) is 0 Å². The summed E-state index contributed by atoms with van der Waals surface area (Å²) in [5, 5.41) is 1.09. The monoisotopic (exact) mass is 471 g/mol. The zero-order valence-corrected chi connectivity index (χ0v) is 18.3. The minimum atomic E-state index is -3.39. The fourth-order valence-corrected chi connectivity index (χ4v) is 5.49. The molecule has 1 aliphatic heterocycles. The molecule has 4 rings (SSSR count). The molecule has 2 aromatic carbocycles. The molecule has 3 aromatic rings. The summed E-state index contributed by atoms with van der Waals surface area (Å²) in [6, 6.07) is 17.1. The van der Waals surface area contributed by atoms with Crippen LogP contribution in [0.15, 0.2) is 78.2 Å². The minimum absolute atomic E-state index is 0.229. The van der Waals surface area contributed by atoms with Gasteiger partial charge in [-0.2, -0.15) is 0 Å². The average molecular weight is 472 g/mol. The second kappa shape index (κ2) is 9.05. The van der Waals surface area contributed by atoms with E-state index in [4.69, 9.17) is 4.74 Å². The van der Waals surface area contributed by atoms with Crippen LogP contribution in [0.1, 0.15) is 9.67 Å². The van der Waals surface area contributed by atoms with Gasteiger partial charge in [-0.15, -0.1) is 11.3 Å². The molecule has 0 radical (unpaired) electrons. The van der Waals surface area contributed by atoms with Crippen LogP contribution in [-0.2, 0) is 19.4 Å².